The molecule has 2 rings (SSSR count). The fourth-order valence-electron chi connectivity index (χ4n) is 1.91. The molecule has 0 aliphatic carbocycles. The van der Waals surface area contributed by atoms with E-state index in [4.69, 9.17) is 27.9 Å². The van der Waals surface area contributed by atoms with Crippen LogP contribution in [-0.4, -0.2) is 5.11 Å². The lowest BCUT2D eigenvalue weighted by Crippen LogP contribution is -2.01. The topological polar surface area (TPSA) is 29.5 Å². The van der Waals surface area contributed by atoms with Crippen molar-refractivity contribution >= 4 is 39.1 Å². The Hall–Kier alpha value is -0.740. The molecule has 20 heavy (non-hydrogen) atoms. The van der Waals surface area contributed by atoms with E-state index in [0.29, 0.717) is 22.4 Å². The van der Waals surface area contributed by atoms with Crippen LogP contribution in [0.5, 0.6) is 5.75 Å². The summed E-state index contributed by atoms with van der Waals surface area (Å²) < 4.78 is 6.73. The van der Waals surface area contributed by atoms with Crippen LogP contribution in [0.25, 0.3) is 0 Å². The first-order valence-electron chi connectivity index (χ1n) is 5.98. The Morgan fingerprint density at radius 2 is 1.90 bits per heavy atom. The lowest BCUT2D eigenvalue weighted by molar-refractivity contribution is 0.258. The van der Waals surface area contributed by atoms with Gasteiger partial charge in [0.25, 0.3) is 0 Å². The lowest BCUT2D eigenvalue weighted by atomic mass is 10.1. The molecule has 0 saturated carbocycles. The molecule has 2 nitrogen and oxygen atoms in total. The normalized spacial score (nSPS) is 10.7. The lowest BCUT2D eigenvalue weighted by Gasteiger charge is -2.14. The molecule has 0 amide bonds. The zero-order valence-corrected chi connectivity index (χ0v) is 13.9. The summed E-state index contributed by atoms with van der Waals surface area (Å²) in [7, 11) is 0. The van der Waals surface area contributed by atoms with Crippen LogP contribution in [0.2, 0.25) is 10.0 Å². The van der Waals surface area contributed by atoms with Gasteiger partial charge >= 0.3 is 0 Å². The van der Waals surface area contributed by atoms with E-state index in [1.807, 2.05) is 25.1 Å². The van der Waals surface area contributed by atoms with Crippen molar-refractivity contribution in [2.75, 3.05) is 0 Å². The molecule has 1 N–H and O–H groups in total. The van der Waals surface area contributed by atoms with Gasteiger partial charge in [-0.2, -0.15) is 0 Å². The van der Waals surface area contributed by atoms with E-state index in [2.05, 4.69) is 15.9 Å². The van der Waals surface area contributed by atoms with Gasteiger partial charge in [0, 0.05) is 25.6 Å². The first kappa shape index (κ1) is 15.6. The van der Waals surface area contributed by atoms with Gasteiger partial charge in [0.1, 0.15) is 12.4 Å². The predicted molar refractivity (Wildman–Crippen MR) is 85.6 cm³/mol. The molecule has 0 aromatic heterocycles. The van der Waals surface area contributed by atoms with Crippen molar-refractivity contribution in [2.24, 2.45) is 0 Å². The molecule has 106 valence electrons. The fourth-order valence-corrected chi connectivity index (χ4v) is 2.99. The first-order valence-corrected chi connectivity index (χ1v) is 7.52. The van der Waals surface area contributed by atoms with Crippen molar-refractivity contribution < 1.29 is 9.84 Å². The van der Waals surface area contributed by atoms with Crippen molar-refractivity contribution in [3.8, 4) is 5.75 Å². The number of aliphatic hydroxyl groups excluding tert-OH is 1. The van der Waals surface area contributed by atoms with Gasteiger partial charge in [-0.05, 0) is 36.8 Å². The molecule has 5 heteroatoms. The van der Waals surface area contributed by atoms with E-state index in [9.17, 15) is 5.11 Å². The van der Waals surface area contributed by atoms with Gasteiger partial charge in [-0.1, -0.05) is 45.2 Å². The molecular formula is C15H13BrCl2O2. The predicted octanol–water partition coefficient (Wildman–Crippen LogP) is 5.14. The van der Waals surface area contributed by atoms with E-state index in [-0.39, 0.29) is 6.61 Å². The van der Waals surface area contributed by atoms with Crippen LogP contribution in [-0.2, 0) is 13.2 Å². The second-order valence-electron chi connectivity index (χ2n) is 4.39. The SMILES string of the molecule is Cc1cc(Br)cc(CO)c1OCc1ccc(Cl)cc1Cl. The zero-order chi connectivity index (χ0) is 14.7. The summed E-state index contributed by atoms with van der Waals surface area (Å²) in [5.74, 6) is 0.682. The molecular weight excluding hydrogens is 363 g/mol. The Kier molecular flexibility index (Phi) is 5.33. The maximum atomic E-state index is 9.41. The third-order valence-corrected chi connectivity index (χ3v) is 3.92. The highest BCUT2D eigenvalue weighted by molar-refractivity contribution is 9.10. The van der Waals surface area contributed by atoms with E-state index in [0.717, 1.165) is 21.2 Å². The second kappa shape index (κ2) is 6.81. The third-order valence-electron chi connectivity index (χ3n) is 2.87. The minimum atomic E-state index is -0.0794. The summed E-state index contributed by atoms with van der Waals surface area (Å²) in [6, 6.07) is 9.07. The highest BCUT2D eigenvalue weighted by Crippen LogP contribution is 2.30. The minimum absolute atomic E-state index is 0.0794. The van der Waals surface area contributed by atoms with Gasteiger partial charge in [-0.3, -0.25) is 0 Å². The first-order chi connectivity index (χ1) is 9.51. The molecule has 0 aliphatic heterocycles. The minimum Gasteiger partial charge on any atom is -0.488 e. The van der Waals surface area contributed by atoms with Gasteiger partial charge in [0.2, 0.25) is 0 Å². The van der Waals surface area contributed by atoms with Gasteiger partial charge < -0.3 is 9.84 Å². The van der Waals surface area contributed by atoms with Crippen LogP contribution in [0.15, 0.2) is 34.8 Å². The summed E-state index contributed by atoms with van der Waals surface area (Å²) in [6.07, 6.45) is 0. The van der Waals surface area contributed by atoms with Crippen molar-refractivity contribution in [2.45, 2.75) is 20.1 Å². The number of aliphatic hydroxyl groups is 1. The smallest absolute Gasteiger partial charge is 0.128 e. The molecule has 0 heterocycles. The Balaban J connectivity index is 2.22. The van der Waals surface area contributed by atoms with Crippen LogP contribution in [0, 0.1) is 6.92 Å². The standard InChI is InChI=1S/C15H13BrCl2O2/c1-9-4-12(16)5-11(7-19)15(9)20-8-10-2-3-13(17)6-14(10)18/h2-6,19H,7-8H2,1H3. The van der Waals surface area contributed by atoms with Crippen LogP contribution in [0.3, 0.4) is 0 Å². The van der Waals surface area contributed by atoms with Crippen LogP contribution in [0.1, 0.15) is 16.7 Å². The quantitative estimate of drug-likeness (QED) is 0.801. The molecule has 0 saturated heterocycles. The van der Waals surface area contributed by atoms with Crippen molar-refractivity contribution in [1.82, 2.24) is 0 Å². The largest absolute Gasteiger partial charge is 0.488 e. The summed E-state index contributed by atoms with van der Waals surface area (Å²) in [4.78, 5) is 0. The van der Waals surface area contributed by atoms with Crippen LogP contribution < -0.4 is 4.74 Å². The number of hydrogen-bond donors (Lipinski definition) is 1. The molecule has 2 aromatic carbocycles. The van der Waals surface area contributed by atoms with Gasteiger partial charge in [-0.15, -0.1) is 0 Å². The van der Waals surface area contributed by atoms with Crippen LogP contribution in [0.4, 0.5) is 0 Å². The molecule has 2 aromatic rings. The fraction of sp³-hybridized carbons (Fsp3) is 0.200. The summed E-state index contributed by atoms with van der Waals surface area (Å²) >= 11 is 15.4. The Morgan fingerprint density at radius 3 is 2.55 bits per heavy atom. The third kappa shape index (κ3) is 3.67. The van der Waals surface area contributed by atoms with Crippen molar-refractivity contribution in [3.63, 3.8) is 0 Å². The Bertz CT molecular complexity index is 630. The van der Waals surface area contributed by atoms with Gasteiger partial charge in [-0.25, -0.2) is 0 Å². The van der Waals surface area contributed by atoms with E-state index < -0.39 is 0 Å². The van der Waals surface area contributed by atoms with E-state index in [1.54, 1.807) is 12.1 Å². The average Bonchev–Trinajstić information content (AvgIpc) is 2.38. The Labute approximate surface area is 136 Å². The number of benzene rings is 2. The molecule has 0 radical (unpaired) electrons. The molecule has 0 atom stereocenters. The maximum Gasteiger partial charge on any atom is 0.128 e. The van der Waals surface area contributed by atoms with Gasteiger partial charge in [0.15, 0.2) is 0 Å². The number of halogens is 3. The zero-order valence-electron chi connectivity index (χ0n) is 10.8. The number of rotatable bonds is 4. The number of aryl methyl sites for hydroxylation is 1. The summed E-state index contributed by atoms with van der Waals surface area (Å²) in [5.41, 5.74) is 2.54. The molecule has 0 bridgehead atoms. The van der Waals surface area contributed by atoms with Crippen LogP contribution >= 0.6 is 39.1 Å². The Morgan fingerprint density at radius 1 is 1.15 bits per heavy atom. The monoisotopic (exact) mass is 374 g/mol. The highest BCUT2D eigenvalue weighted by atomic mass is 79.9. The second-order valence-corrected chi connectivity index (χ2v) is 6.15. The highest BCUT2D eigenvalue weighted by Gasteiger charge is 2.10. The molecule has 0 aliphatic rings. The van der Waals surface area contributed by atoms with Gasteiger partial charge in [0.05, 0.1) is 6.61 Å². The van der Waals surface area contributed by atoms with Crippen molar-refractivity contribution in [1.29, 1.82) is 0 Å². The molecule has 0 unspecified atom stereocenters. The van der Waals surface area contributed by atoms with E-state index in [1.165, 1.54) is 0 Å². The number of ether oxygens (including phenoxy) is 1. The number of hydrogen-bond acceptors (Lipinski definition) is 2. The molecule has 0 fully saturated rings. The maximum absolute atomic E-state index is 9.41. The molecule has 0 spiro atoms. The average molecular weight is 376 g/mol. The van der Waals surface area contributed by atoms with Crippen molar-refractivity contribution in [3.05, 3.63) is 61.5 Å². The summed E-state index contributed by atoms with van der Waals surface area (Å²) in [5, 5.41) is 10.6. The van der Waals surface area contributed by atoms with E-state index >= 15 is 0 Å². The summed E-state index contributed by atoms with van der Waals surface area (Å²) in [6.45, 7) is 2.18.